The zero-order valence-electron chi connectivity index (χ0n) is 12.6. The van der Waals surface area contributed by atoms with Crippen LogP contribution in [0.3, 0.4) is 0 Å². The lowest BCUT2D eigenvalue weighted by Gasteiger charge is -2.20. The number of hydrazine groups is 1. The molecule has 0 spiro atoms. The summed E-state index contributed by atoms with van der Waals surface area (Å²) in [5.41, 5.74) is 3.75. The van der Waals surface area contributed by atoms with Gasteiger partial charge in [-0.1, -0.05) is 6.07 Å². The van der Waals surface area contributed by atoms with E-state index in [0.717, 1.165) is 9.26 Å². The van der Waals surface area contributed by atoms with Gasteiger partial charge in [-0.15, -0.1) is 0 Å². The van der Waals surface area contributed by atoms with Crippen molar-refractivity contribution in [3.8, 4) is 0 Å². The van der Waals surface area contributed by atoms with Gasteiger partial charge in [0.15, 0.2) is 0 Å². The first-order valence-electron chi connectivity index (χ1n) is 6.91. The SMILES string of the molecule is CN(c1cccc(I)c1)c1nc(NN)nc2cc([N+](=O)[O-])ccc12. The molecule has 9 heteroatoms. The predicted molar refractivity (Wildman–Crippen MR) is 101 cm³/mol. The molecule has 0 radical (unpaired) electrons. The average molecular weight is 436 g/mol. The number of hydrogen-bond acceptors (Lipinski definition) is 7. The van der Waals surface area contributed by atoms with E-state index in [2.05, 4.69) is 38.0 Å². The molecule has 2 aromatic carbocycles. The Kier molecular flexibility index (Phi) is 4.44. The van der Waals surface area contributed by atoms with Crippen molar-refractivity contribution < 1.29 is 4.92 Å². The lowest BCUT2D eigenvalue weighted by atomic mass is 10.2. The van der Waals surface area contributed by atoms with Crippen LogP contribution >= 0.6 is 22.6 Å². The van der Waals surface area contributed by atoms with E-state index in [-0.39, 0.29) is 11.6 Å². The summed E-state index contributed by atoms with van der Waals surface area (Å²) in [4.78, 5) is 21.0. The van der Waals surface area contributed by atoms with Gasteiger partial charge in [-0.25, -0.2) is 10.8 Å². The number of aromatic nitrogens is 2. The summed E-state index contributed by atoms with van der Waals surface area (Å²) in [7, 11) is 1.87. The number of hydrogen-bond donors (Lipinski definition) is 2. The molecule has 0 saturated carbocycles. The Bertz CT molecular complexity index is 933. The number of nitro benzene ring substituents is 1. The lowest BCUT2D eigenvalue weighted by molar-refractivity contribution is -0.384. The summed E-state index contributed by atoms with van der Waals surface area (Å²) in [6.07, 6.45) is 0. The topological polar surface area (TPSA) is 110 Å². The summed E-state index contributed by atoms with van der Waals surface area (Å²) in [5.74, 6) is 6.23. The Morgan fingerprint density at radius 2 is 2.04 bits per heavy atom. The summed E-state index contributed by atoms with van der Waals surface area (Å²) in [6.45, 7) is 0. The second-order valence-corrected chi connectivity index (χ2v) is 6.26. The van der Waals surface area contributed by atoms with Crippen molar-refractivity contribution in [2.45, 2.75) is 0 Å². The molecule has 0 aliphatic heterocycles. The van der Waals surface area contributed by atoms with Gasteiger partial charge in [-0.05, 0) is 46.9 Å². The highest BCUT2D eigenvalue weighted by Gasteiger charge is 2.16. The van der Waals surface area contributed by atoms with Crippen molar-refractivity contribution >= 4 is 56.6 Å². The van der Waals surface area contributed by atoms with Crippen LogP contribution in [-0.4, -0.2) is 21.9 Å². The van der Waals surface area contributed by atoms with Gasteiger partial charge in [0.1, 0.15) is 5.82 Å². The van der Waals surface area contributed by atoms with Gasteiger partial charge in [0.2, 0.25) is 5.95 Å². The van der Waals surface area contributed by atoms with Crippen LogP contribution in [0.4, 0.5) is 23.1 Å². The fourth-order valence-corrected chi connectivity index (χ4v) is 2.87. The standard InChI is InChI=1S/C15H13IN6O2/c1-21(10-4-2-3-9(16)7-10)14-12-6-5-11(22(23)24)8-13(12)18-15(19-14)20-17/h2-8H,17H2,1H3,(H,18,19,20). The molecular weight excluding hydrogens is 423 g/mol. The van der Waals surface area contributed by atoms with Crippen LogP contribution < -0.4 is 16.2 Å². The second kappa shape index (κ2) is 6.53. The van der Waals surface area contributed by atoms with E-state index in [1.54, 1.807) is 6.07 Å². The number of benzene rings is 2. The molecule has 122 valence electrons. The molecule has 3 rings (SSSR count). The van der Waals surface area contributed by atoms with Gasteiger partial charge in [0.05, 0.1) is 10.4 Å². The highest BCUT2D eigenvalue weighted by Crippen LogP contribution is 2.32. The fraction of sp³-hybridized carbons (Fsp3) is 0.0667. The molecule has 0 saturated heterocycles. The maximum Gasteiger partial charge on any atom is 0.271 e. The van der Waals surface area contributed by atoms with Crippen molar-refractivity contribution in [1.82, 2.24) is 9.97 Å². The maximum atomic E-state index is 11.0. The number of nitrogens with zero attached hydrogens (tertiary/aromatic N) is 4. The number of nitrogens with two attached hydrogens (primary N) is 1. The van der Waals surface area contributed by atoms with Crippen LogP contribution in [0, 0.1) is 13.7 Å². The molecular formula is C15H13IN6O2. The zero-order valence-corrected chi connectivity index (χ0v) is 14.8. The molecule has 3 aromatic rings. The van der Waals surface area contributed by atoms with E-state index in [1.807, 2.05) is 36.2 Å². The Morgan fingerprint density at radius 1 is 1.25 bits per heavy atom. The van der Waals surface area contributed by atoms with E-state index < -0.39 is 4.92 Å². The molecule has 0 atom stereocenters. The van der Waals surface area contributed by atoms with Gasteiger partial charge in [0.25, 0.3) is 5.69 Å². The third-order valence-electron chi connectivity index (χ3n) is 3.51. The van der Waals surface area contributed by atoms with Gasteiger partial charge in [-0.3, -0.25) is 15.5 Å². The Balaban J connectivity index is 2.20. The lowest BCUT2D eigenvalue weighted by Crippen LogP contribution is -2.16. The Labute approximate surface area is 151 Å². The van der Waals surface area contributed by atoms with Crippen molar-refractivity contribution in [3.63, 3.8) is 0 Å². The van der Waals surface area contributed by atoms with Crippen molar-refractivity contribution in [3.05, 3.63) is 56.1 Å². The van der Waals surface area contributed by atoms with E-state index >= 15 is 0 Å². The van der Waals surface area contributed by atoms with E-state index in [4.69, 9.17) is 5.84 Å². The minimum absolute atomic E-state index is 0.0352. The number of non-ortho nitro benzene ring substituents is 1. The minimum atomic E-state index is -0.458. The maximum absolute atomic E-state index is 11.0. The fourth-order valence-electron chi connectivity index (χ4n) is 2.34. The largest absolute Gasteiger partial charge is 0.329 e. The van der Waals surface area contributed by atoms with Crippen LogP contribution in [0.1, 0.15) is 0 Å². The van der Waals surface area contributed by atoms with Crippen LogP contribution in [0.5, 0.6) is 0 Å². The van der Waals surface area contributed by atoms with Crippen molar-refractivity contribution in [2.75, 3.05) is 17.4 Å². The van der Waals surface area contributed by atoms with E-state index in [0.29, 0.717) is 16.7 Å². The number of rotatable bonds is 4. The third-order valence-corrected chi connectivity index (χ3v) is 4.18. The zero-order chi connectivity index (χ0) is 17.3. The predicted octanol–water partition coefficient (Wildman–Crippen LogP) is 3.20. The molecule has 1 heterocycles. The highest BCUT2D eigenvalue weighted by molar-refractivity contribution is 14.1. The molecule has 8 nitrogen and oxygen atoms in total. The van der Waals surface area contributed by atoms with Gasteiger partial charge in [0, 0.05) is 33.8 Å². The van der Waals surface area contributed by atoms with Gasteiger partial charge >= 0.3 is 0 Å². The van der Waals surface area contributed by atoms with E-state index in [9.17, 15) is 10.1 Å². The quantitative estimate of drug-likeness (QED) is 0.280. The molecule has 0 amide bonds. The van der Waals surface area contributed by atoms with Crippen LogP contribution in [-0.2, 0) is 0 Å². The minimum Gasteiger partial charge on any atom is -0.329 e. The van der Waals surface area contributed by atoms with Crippen molar-refractivity contribution in [1.29, 1.82) is 0 Å². The number of nitro groups is 1. The number of fused-ring (bicyclic) bond motifs is 1. The number of halogens is 1. The summed E-state index contributed by atoms with van der Waals surface area (Å²) >= 11 is 2.24. The van der Waals surface area contributed by atoms with Gasteiger partial charge in [-0.2, -0.15) is 4.98 Å². The second-order valence-electron chi connectivity index (χ2n) is 5.01. The molecule has 0 aliphatic carbocycles. The van der Waals surface area contributed by atoms with Crippen LogP contribution in [0.15, 0.2) is 42.5 Å². The third kappa shape index (κ3) is 3.08. The molecule has 24 heavy (non-hydrogen) atoms. The van der Waals surface area contributed by atoms with Gasteiger partial charge < -0.3 is 4.90 Å². The monoisotopic (exact) mass is 436 g/mol. The number of anilines is 3. The normalized spacial score (nSPS) is 10.6. The summed E-state index contributed by atoms with van der Waals surface area (Å²) in [6, 6.07) is 12.4. The average Bonchev–Trinajstić information content (AvgIpc) is 2.59. The molecule has 1 aromatic heterocycles. The van der Waals surface area contributed by atoms with E-state index in [1.165, 1.54) is 12.1 Å². The number of nitrogen functional groups attached to an aromatic ring is 1. The number of nitrogens with one attached hydrogen (secondary N) is 1. The summed E-state index contributed by atoms with van der Waals surface area (Å²) < 4.78 is 1.09. The Hall–Kier alpha value is -2.53. The molecule has 3 N–H and O–H groups in total. The van der Waals surface area contributed by atoms with Crippen LogP contribution in [0.25, 0.3) is 10.9 Å². The molecule has 0 bridgehead atoms. The molecule has 0 aliphatic rings. The smallest absolute Gasteiger partial charge is 0.271 e. The summed E-state index contributed by atoms with van der Waals surface area (Å²) in [5, 5.41) is 11.7. The van der Waals surface area contributed by atoms with Crippen LogP contribution in [0.2, 0.25) is 0 Å². The first-order valence-corrected chi connectivity index (χ1v) is 7.99. The van der Waals surface area contributed by atoms with Crippen molar-refractivity contribution in [2.24, 2.45) is 5.84 Å². The molecule has 0 fully saturated rings. The first-order chi connectivity index (χ1) is 11.5. The highest BCUT2D eigenvalue weighted by atomic mass is 127. The molecule has 0 unspecified atom stereocenters. The first kappa shape index (κ1) is 16.3. The Morgan fingerprint density at radius 3 is 2.71 bits per heavy atom.